The molecule has 0 atom stereocenters. The number of rotatable bonds is 5. The van der Waals surface area contributed by atoms with E-state index in [0.29, 0.717) is 17.8 Å². The van der Waals surface area contributed by atoms with E-state index in [1.54, 1.807) is 19.2 Å². The fourth-order valence-corrected chi connectivity index (χ4v) is 2.27. The van der Waals surface area contributed by atoms with Gasteiger partial charge in [0.2, 0.25) is 0 Å². The number of benzene rings is 2. The molecular formula is C16H17FN2OS. The van der Waals surface area contributed by atoms with Gasteiger partial charge in [0, 0.05) is 24.7 Å². The average molecular weight is 304 g/mol. The van der Waals surface area contributed by atoms with Crippen molar-refractivity contribution in [2.45, 2.75) is 6.54 Å². The van der Waals surface area contributed by atoms with Gasteiger partial charge in [0.15, 0.2) is 0 Å². The molecule has 0 fully saturated rings. The van der Waals surface area contributed by atoms with Crippen LogP contribution in [0.15, 0.2) is 42.5 Å². The molecular weight excluding hydrogens is 287 g/mol. The number of nitrogens with zero attached hydrogens (tertiary/aromatic N) is 1. The summed E-state index contributed by atoms with van der Waals surface area (Å²) in [5, 5.41) is 0. The highest BCUT2D eigenvalue weighted by Crippen LogP contribution is 2.24. The van der Waals surface area contributed by atoms with Crippen LogP contribution in [0.1, 0.15) is 11.1 Å². The molecule has 0 aliphatic heterocycles. The zero-order valence-electron chi connectivity index (χ0n) is 12.0. The maximum absolute atomic E-state index is 14.2. The number of thiocarbonyl (C=S) groups is 1. The lowest BCUT2D eigenvalue weighted by molar-refractivity contribution is 0.409. The maximum Gasteiger partial charge on any atom is 0.147 e. The summed E-state index contributed by atoms with van der Waals surface area (Å²) in [6.45, 7) is 0.535. The van der Waals surface area contributed by atoms with Crippen LogP contribution in [0.25, 0.3) is 0 Å². The summed E-state index contributed by atoms with van der Waals surface area (Å²) in [6.07, 6.45) is 0. The van der Waals surface area contributed by atoms with Crippen molar-refractivity contribution in [2.24, 2.45) is 5.73 Å². The molecule has 110 valence electrons. The lowest BCUT2D eigenvalue weighted by Gasteiger charge is -2.21. The molecule has 2 rings (SSSR count). The van der Waals surface area contributed by atoms with Crippen LogP contribution in [-0.2, 0) is 6.54 Å². The van der Waals surface area contributed by atoms with Crippen molar-refractivity contribution in [1.82, 2.24) is 0 Å². The number of methoxy groups -OCH3 is 1. The Morgan fingerprint density at radius 2 is 2.00 bits per heavy atom. The van der Waals surface area contributed by atoms with E-state index in [1.165, 1.54) is 6.07 Å². The third kappa shape index (κ3) is 3.49. The molecule has 0 saturated carbocycles. The molecule has 3 nitrogen and oxygen atoms in total. The van der Waals surface area contributed by atoms with Crippen molar-refractivity contribution < 1.29 is 9.13 Å². The number of para-hydroxylation sites is 1. The first kappa shape index (κ1) is 15.3. The minimum absolute atomic E-state index is 0.188. The van der Waals surface area contributed by atoms with E-state index >= 15 is 0 Å². The molecule has 0 aliphatic rings. The lowest BCUT2D eigenvalue weighted by atomic mass is 10.1. The minimum Gasteiger partial charge on any atom is -0.496 e. The topological polar surface area (TPSA) is 38.5 Å². The van der Waals surface area contributed by atoms with Crippen LogP contribution in [-0.4, -0.2) is 19.1 Å². The molecule has 21 heavy (non-hydrogen) atoms. The van der Waals surface area contributed by atoms with Crippen molar-refractivity contribution in [3.05, 3.63) is 59.4 Å². The van der Waals surface area contributed by atoms with Gasteiger partial charge in [0.1, 0.15) is 16.6 Å². The average Bonchev–Trinajstić information content (AvgIpc) is 2.47. The largest absolute Gasteiger partial charge is 0.496 e. The van der Waals surface area contributed by atoms with Crippen LogP contribution < -0.4 is 15.4 Å². The Labute approximate surface area is 129 Å². The number of hydrogen-bond acceptors (Lipinski definition) is 3. The predicted molar refractivity (Wildman–Crippen MR) is 87.4 cm³/mol. The van der Waals surface area contributed by atoms with Crippen LogP contribution >= 0.6 is 12.2 Å². The molecule has 2 aromatic carbocycles. The summed E-state index contributed by atoms with van der Waals surface area (Å²) in [5.41, 5.74) is 7.50. The van der Waals surface area contributed by atoms with Crippen LogP contribution in [0, 0.1) is 5.82 Å². The molecule has 2 N–H and O–H groups in total. The zero-order chi connectivity index (χ0) is 15.4. The fraction of sp³-hybridized carbons (Fsp3) is 0.188. The lowest BCUT2D eigenvalue weighted by Crippen LogP contribution is -2.19. The van der Waals surface area contributed by atoms with Crippen molar-refractivity contribution in [1.29, 1.82) is 0 Å². The van der Waals surface area contributed by atoms with E-state index in [0.717, 1.165) is 11.3 Å². The Bertz CT molecular complexity index is 660. The molecule has 0 aromatic heterocycles. The third-order valence-corrected chi connectivity index (χ3v) is 3.48. The Kier molecular flexibility index (Phi) is 4.75. The van der Waals surface area contributed by atoms with Crippen LogP contribution in [0.2, 0.25) is 0 Å². The minimum atomic E-state index is -0.349. The second kappa shape index (κ2) is 6.54. The van der Waals surface area contributed by atoms with Crippen LogP contribution in [0.3, 0.4) is 0 Å². The molecule has 0 aliphatic carbocycles. The highest BCUT2D eigenvalue weighted by molar-refractivity contribution is 7.80. The standard InChI is InChI=1S/C16H17FN2OS/c1-19(10-12-5-3-4-6-15(12)20-2)14-8-7-11(16(18)21)9-13(14)17/h3-9H,10H2,1-2H3,(H2,18,21). The Morgan fingerprint density at radius 1 is 1.29 bits per heavy atom. The highest BCUT2D eigenvalue weighted by Gasteiger charge is 2.11. The zero-order valence-corrected chi connectivity index (χ0v) is 12.8. The van der Waals surface area contributed by atoms with E-state index in [9.17, 15) is 4.39 Å². The van der Waals surface area contributed by atoms with Gasteiger partial charge in [-0.15, -0.1) is 0 Å². The van der Waals surface area contributed by atoms with Gasteiger partial charge in [-0.05, 0) is 24.3 Å². The molecule has 5 heteroatoms. The van der Waals surface area contributed by atoms with Crippen molar-refractivity contribution in [3.8, 4) is 5.75 Å². The molecule has 0 radical (unpaired) electrons. The molecule has 0 bridgehead atoms. The van der Waals surface area contributed by atoms with E-state index in [4.69, 9.17) is 22.7 Å². The maximum atomic E-state index is 14.2. The normalized spacial score (nSPS) is 10.2. The predicted octanol–water partition coefficient (Wildman–Crippen LogP) is 3.10. The fourth-order valence-electron chi connectivity index (χ4n) is 2.14. The van der Waals surface area contributed by atoms with E-state index in [1.807, 2.05) is 36.2 Å². The van der Waals surface area contributed by atoms with Gasteiger partial charge in [0.25, 0.3) is 0 Å². The second-order valence-corrected chi connectivity index (χ2v) is 5.14. The number of nitrogens with two attached hydrogens (primary N) is 1. The molecule has 0 saturated heterocycles. The summed E-state index contributed by atoms with van der Waals surface area (Å²) in [4.78, 5) is 2.00. The Balaban J connectivity index is 2.24. The van der Waals surface area contributed by atoms with Gasteiger partial charge < -0.3 is 15.4 Å². The summed E-state index contributed by atoms with van der Waals surface area (Å²) in [5.74, 6) is 0.433. The monoisotopic (exact) mass is 304 g/mol. The van der Waals surface area contributed by atoms with Crippen molar-refractivity contribution in [3.63, 3.8) is 0 Å². The summed E-state index contributed by atoms with van der Waals surface area (Å²) in [7, 11) is 3.45. The number of halogens is 1. The van der Waals surface area contributed by atoms with E-state index in [-0.39, 0.29) is 10.8 Å². The molecule has 0 amide bonds. The van der Waals surface area contributed by atoms with Gasteiger partial charge in [-0.2, -0.15) is 0 Å². The summed E-state index contributed by atoms with van der Waals surface area (Å²) < 4.78 is 19.5. The third-order valence-electron chi connectivity index (χ3n) is 3.24. The van der Waals surface area contributed by atoms with Gasteiger partial charge in [-0.3, -0.25) is 0 Å². The number of hydrogen-bond donors (Lipinski definition) is 1. The Morgan fingerprint density at radius 3 is 2.62 bits per heavy atom. The van der Waals surface area contributed by atoms with E-state index in [2.05, 4.69) is 0 Å². The van der Waals surface area contributed by atoms with Gasteiger partial charge >= 0.3 is 0 Å². The van der Waals surface area contributed by atoms with Gasteiger partial charge in [0.05, 0.1) is 12.8 Å². The van der Waals surface area contributed by atoms with Crippen LogP contribution in [0.4, 0.5) is 10.1 Å². The van der Waals surface area contributed by atoms with Crippen LogP contribution in [0.5, 0.6) is 5.75 Å². The highest BCUT2D eigenvalue weighted by atomic mass is 32.1. The quantitative estimate of drug-likeness (QED) is 0.862. The Hall–Kier alpha value is -2.14. The van der Waals surface area contributed by atoms with E-state index < -0.39 is 0 Å². The second-order valence-electron chi connectivity index (χ2n) is 4.70. The molecule has 0 spiro atoms. The first-order chi connectivity index (χ1) is 10.0. The molecule has 2 aromatic rings. The van der Waals surface area contributed by atoms with Crippen molar-refractivity contribution >= 4 is 22.9 Å². The number of ether oxygens (including phenoxy) is 1. The molecule has 0 unspecified atom stereocenters. The SMILES string of the molecule is COc1ccccc1CN(C)c1ccc(C(N)=S)cc1F. The molecule has 0 heterocycles. The van der Waals surface area contributed by atoms with Crippen molar-refractivity contribution in [2.75, 3.05) is 19.1 Å². The summed E-state index contributed by atoms with van der Waals surface area (Å²) in [6, 6.07) is 12.4. The smallest absolute Gasteiger partial charge is 0.147 e. The van der Waals surface area contributed by atoms with Gasteiger partial charge in [-0.25, -0.2) is 4.39 Å². The first-order valence-electron chi connectivity index (χ1n) is 6.45. The first-order valence-corrected chi connectivity index (χ1v) is 6.86. The summed E-state index contributed by atoms with van der Waals surface area (Å²) >= 11 is 4.85. The number of anilines is 1. The van der Waals surface area contributed by atoms with Gasteiger partial charge in [-0.1, -0.05) is 30.4 Å².